The molecule has 0 aliphatic heterocycles. The highest BCUT2D eigenvalue weighted by molar-refractivity contribution is 6.16. The first-order valence-corrected chi connectivity index (χ1v) is 16.3. The summed E-state index contributed by atoms with van der Waals surface area (Å²) in [6, 6.07) is 61.6. The molecule has 0 aliphatic carbocycles. The third-order valence-corrected chi connectivity index (χ3v) is 8.59. The van der Waals surface area contributed by atoms with Crippen molar-refractivity contribution in [2.45, 2.75) is 19.6 Å². The fourth-order valence-electron chi connectivity index (χ4n) is 6.09. The van der Waals surface area contributed by atoms with Crippen LogP contribution >= 0.6 is 0 Å². The van der Waals surface area contributed by atoms with Crippen LogP contribution in [0.2, 0.25) is 0 Å². The molecule has 0 fully saturated rings. The van der Waals surface area contributed by atoms with Crippen LogP contribution in [0.25, 0.3) is 54.6 Å². The van der Waals surface area contributed by atoms with Crippen molar-refractivity contribution in [1.29, 1.82) is 0 Å². The van der Waals surface area contributed by atoms with Crippen LogP contribution in [-0.4, -0.2) is 0 Å². The predicted octanol–water partition coefficient (Wildman–Crippen LogP) is 10.5. The van der Waals surface area contributed by atoms with Gasteiger partial charge in [-0.05, 0) is 78.7 Å². The normalized spacial score (nSPS) is 10.8. The highest BCUT2D eigenvalue weighted by Gasteiger charge is 2.15. The van der Waals surface area contributed by atoms with Gasteiger partial charge in [-0.3, -0.25) is 0 Å². The second-order valence-corrected chi connectivity index (χ2v) is 11.9. The first-order valence-electron chi connectivity index (χ1n) is 16.3. The molecule has 0 aromatic heterocycles. The van der Waals surface area contributed by atoms with Crippen molar-refractivity contribution in [3.05, 3.63) is 193 Å². The average molecular weight is 624 g/mol. The molecule has 3 heteroatoms. The Morgan fingerprint density at radius 2 is 1.00 bits per heavy atom. The maximum atomic E-state index is 5.39. The number of fused-ring (bicyclic) bond motifs is 4. The lowest BCUT2D eigenvalue weighted by Crippen LogP contribution is -2.19. The van der Waals surface area contributed by atoms with Crippen molar-refractivity contribution in [2.75, 3.05) is 0 Å². The first kappa shape index (κ1) is 32.4. The summed E-state index contributed by atoms with van der Waals surface area (Å²) in [5, 5.41) is 7.75. The Labute approximate surface area is 283 Å². The third-order valence-electron chi connectivity index (χ3n) is 8.59. The van der Waals surface area contributed by atoms with E-state index in [9.17, 15) is 0 Å². The van der Waals surface area contributed by atoms with Gasteiger partial charge in [0.25, 0.3) is 0 Å². The van der Waals surface area contributed by atoms with E-state index in [0.29, 0.717) is 6.54 Å². The number of nitrogens with two attached hydrogens (primary N) is 3. The summed E-state index contributed by atoms with van der Waals surface area (Å²) in [6.45, 7) is 2.78. The van der Waals surface area contributed by atoms with Crippen molar-refractivity contribution in [3.8, 4) is 22.3 Å². The Bertz CT molecular complexity index is 2240. The fourth-order valence-corrected chi connectivity index (χ4v) is 6.09. The molecule has 0 unspecified atom stereocenters. The monoisotopic (exact) mass is 623 g/mol. The van der Waals surface area contributed by atoms with Crippen LogP contribution in [0.15, 0.2) is 176 Å². The molecule has 0 amide bonds. The van der Waals surface area contributed by atoms with Crippen LogP contribution in [0.5, 0.6) is 0 Å². The van der Waals surface area contributed by atoms with E-state index in [1.807, 2.05) is 60.7 Å². The van der Waals surface area contributed by atoms with Gasteiger partial charge in [-0.2, -0.15) is 0 Å². The molecule has 0 bridgehead atoms. The molecule has 8 aromatic carbocycles. The molecule has 0 radical (unpaired) electrons. The van der Waals surface area contributed by atoms with Gasteiger partial charge in [-0.15, -0.1) is 0 Å². The van der Waals surface area contributed by atoms with Crippen LogP contribution in [0.3, 0.4) is 0 Å². The summed E-state index contributed by atoms with van der Waals surface area (Å²) >= 11 is 0. The standard InChI is InChI=1S/C31H22.C7H10N2.C7H9N/c1-21-14-16-23(17-15-21)31-26-11-5-2-8-22(26)18-19-29(31)30-20-24-9-3-4-10-25(24)27-12-6-7-13-28(27)30;8-7(9)6-4-2-1-3-5-6;8-6-7-4-2-1-3-5-7/h2-20H,1H3;1-5,7H,8-9H2;1-5H,6,8H2. The molecule has 6 N–H and O–H groups in total. The molecule has 0 aliphatic rings. The summed E-state index contributed by atoms with van der Waals surface area (Å²) in [5.41, 5.74) is 24.7. The highest BCUT2D eigenvalue weighted by Crippen LogP contribution is 2.42. The minimum absolute atomic E-state index is 0.341. The SMILES string of the molecule is Cc1ccc(-c2c(-c3cc4ccccc4c4ccccc34)ccc3ccccc23)cc1.NC(N)c1ccccc1.NCc1ccccc1. The van der Waals surface area contributed by atoms with Crippen molar-refractivity contribution >= 4 is 32.3 Å². The number of benzene rings is 8. The second kappa shape index (κ2) is 15.3. The van der Waals surface area contributed by atoms with E-state index in [2.05, 4.69) is 122 Å². The quantitative estimate of drug-likeness (QED) is 0.135. The van der Waals surface area contributed by atoms with E-state index < -0.39 is 0 Å². The Morgan fingerprint density at radius 1 is 0.458 bits per heavy atom. The Balaban J connectivity index is 0.000000193. The van der Waals surface area contributed by atoms with E-state index in [4.69, 9.17) is 17.2 Å². The van der Waals surface area contributed by atoms with Crippen molar-refractivity contribution < 1.29 is 0 Å². The van der Waals surface area contributed by atoms with E-state index in [1.165, 1.54) is 65.7 Å². The molecule has 236 valence electrons. The van der Waals surface area contributed by atoms with Crippen molar-refractivity contribution in [1.82, 2.24) is 0 Å². The lowest BCUT2D eigenvalue weighted by molar-refractivity contribution is 0.774. The predicted molar refractivity (Wildman–Crippen MR) is 206 cm³/mol. The van der Waals surface area contributed by atoms with Crippen LogP contribution < -0.4 is 17.2 Å². The number of hydrogen-bond donors (Lipinski definition) is 3. The Kier molecular flexibility index (Phi) is 10.3. The van der Waals surface area contributed by atoms with Crippen LogP contribution in [-0.2, 0) is 6.54 Å². The van der Waals surface area contributed by atoms with E-state index >= 15 is 0 Å². The number of hydrogen-bond acceptors (Lipinski definition) is 3. The van der Waals surface area contributed by atoms with Gasteiger partial charge in [0.1, 0.15) is 0 Å². The van der Waals surface area contributed by atoms with E-state index in [-0.39, 0.29) is 6.17 Å². The van der Waals surface area contributed by atoms with Crippen LogP contribution in [0, 0.1) is 6.92 Å². The third kappa shape index (κ3) is 7.35. The Hall–Kier alpha value is -5.58. The molecule has 0 atom stereocenters. The zero-order valence-electron chi connectivity index (χ0n) is 27.3. The molecule has 0 spiro atoms. The Morgan fingerprint density at radius 3 is 1.60 bits per heavy atom. The summed E-state index contributed by atoms with van der Waals surface area (Å²) in [5.74, 6) is 0. The lowest BCUT2D eigenvalue weighted by Gasteiger charge is -2.17. The fraction of sp³-hybridized carbons (Fsp3) is 0.0667. The molecule has 0 saturated carbocycles. The summed E-state index contributed by atoms with van der Waals surface area (Å²) in [7, 11) is 0. The molecule has 48 heavy (non-hydrogen) atoms. The zero-order valence-corrected chi connectivity index (χ0v) is 27.3. The van der Waals surface area contributed by atoms with Crippen molar-refractivity contribution in [2.24, 2.45) is 17.2 Å². The van der Waals surface area contributed by atoms with Crippen LogP contribution in [0.4, 0.5) is 0 Å². The van der Waals surface area contributed by atoms with Crippen LogP contribution in [0.1, 0.15) is 22.9 Å². The molecule has 8 aromatic rings. The van der Waals surface area contributed by atoms with Gasteiger partial charge in [0.2, 0.25) is 0 Å². The van der Waals surface area contributed by atoms with Gasteiger partial charge < -0.3 is 17.2 Å². The molecular weight excluding hydrogens is 583 g/mol. The largest absolute Gasteiger partial charge is 0.326 e. The van der Waals surface area contributed by atoms with E-state index in [0.717, 1.165) is 5.56 Å². The summed E-state index contributed by atoms with van der Waals surface area (Å²) < 4.78 is 0. The number of aryl methyl sites for hydroxylation is 1. The topological polar surface area (TPSA) is 78.1 Å². The van der Waals surface area contributed by atoms with Gasteiger partial charge in [0.15, 0.2) is 0 Å². The minimum atomic E-state index is -0.341. The number of rotatable bonds is 4. The zero-order chi connectivity index (χ0) is 33.3. The molecular formula is C45H41N3. The van der Waals surface area contributed by atoms with Gasteiger partial charge in [0, 0.05) is 6.54 Å². The summed E-state index contributed by atoms with van der Waals surface area (Å²) in [6.07, 6.45) is -0.341. The lowest BCUT2D eigenvalue weighted by atomic mass is 9.86. The van der Waals surface area contributed by atoms with Gasteiger partial charge >= 0.3 is 0 Å². The molecule has 3 nitrogen and oxygen atoms in total. The first-order chi connectivity index (χ1) is 23.5. The smallest absolute Gasteiger partial charge is 0.0784 e. The van der Waals surface area contributed by atoms with Gasteiger partial charge in [0.05, 0.1) is 6.17 Å². The molecule has 0 heterocycles. The molecule has 8 rings (SSSR count). The van der Waals surface area contributed by atoms with Gasteiger partial charge in [-0.25, -0.2) is 0 Å². The van der Waals surface area contributed by atoms with Gasteiger partial charge in [-0.1, -0.05) is 175 Å². The summed E-state index contributed by atoms with van der Waals surface area (Å²) in [4.78, 5) is 0. The minimum Gasteiger partial charge on any atom is -0.326 e. The maximum absolute atomic E-state index is 5.39. The maximum Gasteiger partial charge on any atom is 0.0784 e. The molecule has 0 saturated heterocycles. The second-order valence-electron chi connectivity index (χ2n) is 11.9. The highest BCUT2D eigenvalue weighted by atomic mass is 14.8. The average Bonchev–Trinajstić information content (AvgIpc) is 3.15. The van der Waals surface area contributed by atoms with E-state index in [1.54, 1.807) is 0 Å². The van der Waals surface area contributed by atoms with Crippen molar-refractivity contribution in [3.63, 3.8) is 0 Å².